The van der Waals surface area contributed by atoms with Gasteiger partial charge < -0.3 is 4.52 Å². The summed E-state index contributed by atoms with van der Waals surface area (Å²) in [5, 5.41) is 0. The van der Waals surface area contributed by atoms with E-state index < -0.39 is 7.82 Å². The summed E-state index contributed by atoms with van der Waals surface area (Å²) < 4.78 is 47.7. The Morgan fingerprint density at radius 2 is 1.39 bits per heavy atom. The van der Waals surface area contributed by atoms with Crippen LogP contribution in [0.25, 0.3) is 11.4 Å². The number of phosphoric acid groups is 1. The van der Waals surface area contributed by atoms with E-state index in [-0.39, 0.29) is 42.8 Å². The van der Waals surface area contributed by atoms with Crippen LogP contribution in [0.15, 0.2) is 114 Å². The first-order valence-corrected chi connectivity index (χ1v) is 16.8. The molecule has 0 bridgehead atoms. The number of phosphoric ester groups is 1. The SMILES string of the molecule is Cc1nc(-c2ccccc2OP(=O)(OCc2ccccc2)OCc2ccccc2)n(CCc2cccc(F)c2)c(=O)c1CC(C)C. The predicted octanol–water partition coefficient (Wildman–Crippen LogP) is 8.72. The number of hydrogen-bond donors (Lipinski definition) is 0. The van der Waals surface area contributed by atoms with Gasteiger partial charge in [0.05, 0.1) is 18.8 Å². The van der Waals surface area contributed by atoms with Gasteiger partial charge in [0, 0.05) is 17.8 Å². The number of hydrogen-bond acceptors (Lipinski definition) is 6. The highest BCUT2D eigenvalue weighted by Gasteiger charge is 2.31. The molecule has 9 heteroatoms. The summed E-state index contributed by atoms with van der Waals surface area (Å²) in [6.07, 6.45) is 0.963. The fraction of sp³-hybridized carbons (Fsp3) is 0.243. The molecule has 7 nitrogen and oxygen atoms in total. The van der Waals surface area contributed by atoms with Crippen LogP contribution in [0, 0.1) is 18.7 Å². The number of rotatable bonds is 14. The molecule has 0 unspecified atom stereocenters. The lowest BCUT2D eigenvalue weighted by Gasteiger charge is -2.22. The zero-order valence-corrected chi connectivity index (χ0v) is 27.2. The van der Waals surface area contributed by atoms with Crippen LogP contribution in [0.4, 0.5) is 4.39 Å². The van der Waals surface area contributed by atoms with Gasteiger partial charge in [-0.1, -0.05) is 98.8 Å². The maximum atomic E-state index is 14.3. The molecule has 46 heavy (non-hydrogen) atoms. The smallest absolute Gasteiger partial charge is 0.403 e. The molecule has 0 saturated heterocycles. The first-order valence-electron chi connectivity index (χ1n) is 15.3. The number of aryl methyl sites for hydroxylation is 2. The zero-order chi connectivity index (χ0) is 32.5. The second-order valence-corrected chi connectivity index (χ2v) is 13.1. The minimum Gasteiger partial charge on any atom is -0.403 e. The normalized spacial score (nSPS) is 11.6. The van der Waals surface area contributed by atoms with Crippen molar-refractivity contribution in [1.82, 2.24) is 9.55 Å². The number of para-hydroxylation sites is 1. The van der Waals surface area contributed by atoms with Gasteiger partial charge in [-0.05, 0) is 66.6 Å². The molecule has 0 spiro atoms. The van der Waals surface area contributed by atoms with Crippen molar-refractivity contribution < 1.29 is 22.5 Å². The van der Waals surface area contributed by atoms with Crippen molar-refractivity contribution in [2.24, 2.45) is 5.92 Å². The molecular weight excluding hydrogens is 602 g/mol. The van der Waals surface area contributed by atoms with Crippen LogP contribution >= 0.6 is 7.82 Å². The molecule has 0 aliphatic carbocycles. The van der Waals surface area contributed by atoms with Gasteiger partial charge in [0.2, 0.25) is 0 Å². The van der Waals surface area contributed by atoms with Crippen molar-refractivity contribution in [2.75, 3.05) is 0 Å². The third-order valence-corrected chi connectivity index (χ3v) is 8.71. The maximum absolute atomic E-state index is 14.3. The third-order valence-electron chi connectivity index (χ3n) is 7.40. The van der Waals surface area contributed by atoms with Crippen LogP contribution in [0.5, 0.6) is 5.75 Å². The van der Waals surface area contributed by atoms with E-state index >= 15 is 0 Å². The van der Waals surface area contributed by atoms with Gasteiger partial charge in [0.25, 0.3) is 5.56 Å². The average Bonchev–Trinajstić information content (AvgIpc) is 3.05. The molecule has 0 aliphatic heterocycles. The second-order valence-electron chi connectivity index (χ2n) is 11.5. The number of halogens is 1. The van der Waals surface area contributed by atoms with Gasteiger partial charge in [-0.3, -0.25) is 18.4 Å². The fourth-order valence-electron chi connectivity index (χ4n) is 5.09. The molecule has 0 N–H and O–H groups in total. The maximum Gasteiger partial charge on any atom is 0.530 e. The quantitative estimate of drug-likeness (QED) is 0.113. The number of aromatic nitrogens is 2. The lowest BCUT2D eigenvalue weighted by Crippen LogP contribution is -2.29. The van der Waals surface area contributed by atoms with E-state index in [1.54, 1.807) is 34.9 Å². The molecule has 0 amide bonds. The molecule has 5 aromatic rings. The highest BCUT2D eigenvalue weighted by Crippen LogP contribution is 2.52. The first kappa shape index (κ1) is 33.0. The monoisotopic (exact) mass is 640 g/mol. The minimum absolute atomic E-state index is 0.00528. The highest BCUT2D eigenvalue weighted by molar-refractivity contribution is 7.48. The molecule has 5 rings (SSSR count). The van der Waals surface area contributed by atoms with E-state index in [1.165, 1.54) is 12.1 Å². The van der Waals surface area contributed by atoms with Crippen molar-refractivity contribution >= 4 is 7.82 Å². The molecule has 238 valence electrons. The third kappa shape index (κ3) is 8.67. The molecule has 0 radical (unpaired) electrons. The molecule has 4 aromatic carbocycles. The van der Waals surface area contributed by atoms with Gasteiger partial charge in [-0.25, -0.2) is 13.9 Å². The van der Waals surface area contributed by atoms with Crippen LogP contribution in [0.2, 0.25) is 0 Å². The lowest BCUT2D eigenvalue weighted by atomic mass is 10.0. The number of nitrogens with zero attached hydrogens (tertiary/aromatic N) is 2. The van der Waals surface area contributed by atoms with Gasteiger partial charge in [-0.15, -0.1) is 0 Å². The minimum atomic E-state index is -4.21. The van der Waals surface area contributed by atoms with Crippen LogP contribution in [0.3, 0.4) is 0 Å². The van der Waals surface area contributed by atoms with E-state index in [1.807, 2.05) is 73.7 Å². The Balaban J connectivity index is 1.53. The van der Waals surface area contributed by atoms with Crippen molar-refractivity contribution in [3.8, 4) is 17.1 Å². The summed E-state index contributed by atoms with van der Waals surface area (Å²) >= 11 is 0. The fourth-order valence-corrected chi connectivity index (χ4v) is 6.28. The Labute approximate surface area is 269 Å². The topological polar surface area (TPSA) is 79.7 Å². The molecule has 0 saturated carbocycles. The Morgan fingerprint density at radius 1 is 0.804 bits per heavy atom. The lowest BCUT2D eigenvalue weighted by molar-refractivity contribution is 0.143. The largest absolute Gasteiger partial charge is 0.530 e. The molecule has 1 heterocycles. The van der Waals surface area contributed by atoms with E-state index in [9.17, 15) is 13.8 Å². The molecular formula is C37H38FN2O5P. The van der Waals surface area contributed by atoms with E-state index in [0.29, 0.717) is 35.5 Å². The average molecular weight is 641 g/mol. The Hall–Kier alpha value is -4.36. The summed E-state index contributed by atoms with van der Waals surface area (Å²) in [5.74, 6) is 0.433. The summed E-state index contributed by atoms with van der Waals surface area (Å²) in [6, 6.07) is 31.9. The number of benzene rings is 4. The van der Waals surface area contributed by atoms with E-state index in [2.05, 4.69) is 13.8 Å². The van der Waals surface area contributed by atoms with Crippen LogP contribution in [0.1, 0.15) is 41.8 Å². The van der Waals surface area contributed by atoms with Crippen LogP contribution in [-0.2, 0) is 46.2 Å². The van der Waals surface area contributed by atoms with E-state index in [4.69, 9.17) is 18.6 Å². The second kappa shape index (κ2) is 15.3. The molecule has 0 fully saturated rings. The summed E-state index contributed by atoms with van der Waals surface area (Å²) in [6.45, 7) is 6.16. The highest BCUT2D eigenvalue weighted by atomic mass is 31.2. The predicted molar refractivity (Wildman–Crippen MR) is 178 cm³/mol. The van der Waals surface area contributed by atoms with E-state index in [0.717, 1.165) is 16.7 Å². The van der Waals surface area contributed by atoms with Gasteiger partial charge in [0.1, 0.15) is 17.4 Å². The van der Waals surface area contributed by atoms with Gasteiger partial charge >= 0.3 is 7.82 Å². The van der Waals surface area contributed by atoms with Gasteiger partial charge in [0.15, 0.2) is 0 Å². The van der Waals surface area contributed by atoms with Crippen LogP contribution < -0.4 is 10.1 Å². The Morgan fingerprint density at radius 3 is 2.00 bits per heavy atom. The first-order chi connectivity index (χ1) is 22.2. The van der Waals surface area contributed by atoms with Crippen LogP contribution in [-0.4, -0.2) is 9.55 Å². The Bertz CT molecular complexity index is 1810. The van der Waals surface area contributed by atoms with Crippen molar-refractivity contribution in [1.29, 1.82) is 0 Å². The Kier molecular flexibility index (Phi) is 11.0. The molecule has 0 aliphatic rings. The van der Waals surface area contributed by atoms with Gasteiger partial charge in [-0.2, -0.15) is 0 Å². The van der Waals surface area contributed by atoms with Crippen molar-refractivity contribution in [2.45, 2.75) is 53.4 Å². The standard InChI is InChI=1S/C37H38FN2O5P/c1-27(2)23-34-28(3)39-36(40(37(34)41)22-21-29-17-12-18-32(38)24-29)33-19-10-11-20-35(33)45-46(42,43-25-30-13-6-4-7-14-30)44-26-31-15-8-5-9-16-31/h4-20,24,27H,21-23,25-26H2,1-3H3. The summed E-state index contributed by atoms with van der Waals surface area (Å²) in [4.78, 5) is 18.9. The zero-order valence-electron chi connectivity index (χ0n) is 26.3. The molecule has 0 atom stereocenters. The summed E-state index contributed by atoms with van der Waals surface area (Å²) in [7, 11) is -4.21. The summed E-state index contributed by atoms with van der Waals surface area (Å²) in [5.41, 5.74) is 3.85. The van der Waals surface area contributed by atoms with Crippen molar-refractivity contribution in [3.05, 3.63) is 153 Å². The van der Waals surface area contributed by atoms with Crippen molar-refractivity contribution in [3.63, 3.8) is 0 Å². The molecule has 1 aromatic heterocycles.